The molecule has 0 aliphatic rings. The van der Waals surface area contributed by atoms with Crippen molar-refractivity contribution in [3.8, 4) is 0 Å². The number of nitrogens with zero attached hydrogens (tertiary/aromatic N) is 3. The lowest BCUT2D eigenvalue weighted by Gasteiger charge is -2.26. The summed E-state index contributed by atoms with van der Waals surface area (Å²) >= 11 is 3.64. The SMILES string of the molecule is CCCC(C)(CBr)Cc1ncnn1CC(C)C. The summed E-state index contributed by atoms with van der Waals surface area (Å²) in [5.41, 5.74) is 0.288. The first-order valence-corrected chi connectivity index (χ1v) is 7.55. The molecule has 98 valence electrons. The number of rotatable bonds is 7. The molecule has 0 fully saturated rings. The zero-order valence-corrected chi connectivity index (χ0v) is 13.0. The maximum Gasteiger partial charge on any atom is 0.138 e. The Kier molecular flexibility index (Phi) is 5.63. The van der Waals surface area contributed by atoms with Crippen molar-refractivity contribution in [2.75, 3.05) is 5.33 Å². The summed E-state index contributed by atoms with van der Waals surface area (Å²) < 4.78 is 2.06. The second-order valence-corrected chi connectivity index (χ2v) is 6.18. The molecule has 4 heteroatoms. The molecule has 1 heterocycles. The van der Waals surface area contributed by atoms with Gasteiger partial charge in [-0.2, -0.15) is 5.10 Å². The molecule has 0 radical (unpaired) electrons. The van der Waals surface area contributed by atoms with Gasteiger partial charge < -0.3 is 0 Å². The highest BCUT2D eigenvalue weighted by atomic mass is 79.9. The van der Waals surface area contributed by atoms with E-state index in [1.54, 1.807) is 6.33 Å². The Bertz CT molecular complexity index is 335. The Labute approximate surface area is 113 Å². The van der Waals surface area contributed by atoms with Crippen LogP contribution in [0.25, 0.3) is 0 Å². The molecule has 1 aromatic heterocycles. The van der Waals surface area contributed by atoms with E-state index >= 15 is 0 Å². The molecular weight excluding hydrogens is 278 g/mol. The third-order valence-electron chi connectivity index (χ3n) is 2.99. The van der Waals surface area contributed by atoms with Crippen molar-refractivity contribution in [1.82, 2.24) is 14.8 Å². The highest BCUT2D eigenvalue weighted by Crippen LogP contribution is 2.29. The fourth-order valence-corrected chi connectivity index (χ4v) is 2.59. The first-order valence-electron chi connectivity index (χ1n) is 6.43. The van der Waals surface area contributed by atoms with E-state index in [1.165, 1.54) is 12.8 Å². The molecule has 0 aliphatic heterocycles. The molecule has 0 aliphatic carbocycles. The van der Waals surface area contributed by atoms with Gasteiger partial charge in [0.15, 0.2) is 0 Å². The van der Waals surface area contributed by atoms with E-state index in [9.17, 15) is 0 Å². The van der Waals surface area contributed by atoms with Crippen molar-refractivity contribution < 1.29 is 0 Å². The van der Waals surface area contributed by atoms with E-state index in [-0.39, 0.29) is 5.41 Å². The van der Waals surface area contributed by atoms with Crippen LogP contribution in [0.2, 0.25) is 0 Å². The monoisotopic (exact) mass is 301 g/mol. The van der Waals surface area contributed by atoms with Crippen LogP contribution >= 0.6 is 15.9 Å². The van der Waals surface area contributed by atoms with Crippen molar-refractivity contribution in [3.63, 3.8) is 0 Å². The maximum absolute atomic E-state index is 4.42. The molecule has 17 heavy (non-hydrogen) atoms. The number of aromatic nitrogens is 3. The van der Waals surface area contributed by atoms with Crippen LogP contribution in [-0.2, 0) is 13.0 Å². The maximum atomic E-state index is 4.42. The standard InChI is InChI=1S/C13H24BrN3/c1-5-6-13(4,9-14)7-12-15-10-16-17(12)8-11(2)3/h10-11H,5-9H2,1-4H3. The van der Waals surface area contributed by atoms with Gasteiger partial charge in [-0.3, -0.25) is 0 Å². The number of alkyl halides is 1. The second kappa shape index (κ2) is 6.53. The van der Waals surface area contributed by atoms with E-state index in [1.807, 2.05) is 0 Å². The summed E-state index contributed by atoms with van der Waals surface area (Å²) in [6.45, 7) is 9.93. The Hall–Kier alpha value is -0.380. The quantitative estimate of drug-likeness (QED) is 0.719. The van der Waals surface area contributed by atoms with E-state index in [2.05, 4.69) is 58.4 Å². The Balaban J connectivity index is 2.76. The predicted molar refractivity (Wildman–Crippen MR) is 75.4 cm³/mol. The van der Waals surface area contributed by atoms with Crippen LogP contribution in [0.1, 0.15) is 46.4 Å². The van der Waals surface area contributed by atoms with Gasteiger partial charge in [-0.05, 0) is 17.8 Å². The smallest absolute Gasteiger partial charge is 0.138 e. The van der Waals surface area contributed by atoms with Gasteiger partial charge in [0.05, 0.1) is 0 Å². The third-order valence-corrected chi connectivity index (χ3v) is 4.35. The first-order chi connectivity index (χ1) is 8.00. The molecule has 0 saturated heterocycles. The minimum Gasteiger partial charge on any atom is -0.250 e. The molecule has 1 rings (SSSR count). The van der Waals surface area contributed by atoms with Gasteiger partial charge in [0, 0.05) is 18.3 Å². The van der Waals surface area contributed by atoms with Gasteiger partial charge in [-0.25, -0.2) is 9.67 Å². The molecule has 0 bridgehead atoms. The Morgan fingerprint density at radius 2 is 2.18 bits per heavy atom. The lowest BCUT2D eigenvalue weighted by Crippen LogP contribution is -2.24. The first kappa shape index (κ1) is 14.7. The molecule has 1 atom stereocenters. The van der Waals surface area contributed by atoms with Crippen LogP contribution in [0, 0.1) is 11.3 Å². The van der Waals surface area contributed by atoms with Crippen molar-refractivity contribution >= 4 is 15.9 Å². The lowest BCUT2D eigenvalue weighted by molar-refractivity contribution is 0.321. The van der Waals surface area contributed by atoms with E-state index in [0.717, 1.165) is 24.1 Å². The van der Waals surface area contributed by atoms with Crippen molar-refractivity contribution in [3.05, 3.63) is 12.2 Å². The van der Waals surface area contributed by atoms with Gasteiger partial charge in [0.25, 0.3) is 0 Å². The van der Waals surface area contributed by atoms with Crippen molar-refractivity contribution in [2.24, 2.45) is 11.3 Å². The molecule has 3 nitrogen and oxygen atoms in total. The molecule has 0 aromatic carbocycles. The highest BCUT2D eigenvalue weighted by molar-refractivity contribution is 9.09. The predicted octanol–water partition coefficient (Wildman–Crippen LogP) is 3.68. The third kappa shape index (κ3) is 4.41. The molecule has 1 unspecified atom stereocenters. The molecule has 0 N–H and O–H groups in total. The minimum absolute atomic E-state index is 0.288. The van der Waals surface area contributed by atoms with Gasteiger partial charge in [-0.15, -0.1) is 0 Å². The normalized spacial score (nSPS) is 15.2. The summed E-state index contributed by atoms with van der Waals surface area (Å²) in [5, 5.41) is 5.34. The van der Waals surface area contributed by atoms with Gasteiger partial charge >= 0.3 is 0 Å². The molecular formula is C13H24BrN3. The second-order valence-electron chi connectivity index (χ2n) is 5.62. The van der Waals surface area contributed by atoms with E-state index < -0.39 is 0 Å². The molecule has 1 aromatic rings. The van der Waals surface area contributed by atoms with Crippen LogP contribution in [-0.4, -0.2) is 20.1 Å². The van der Waals surface area contributed by atoms with E-state index in [4.69, 9.17) is 0 Å². The van der Waals surface area contributed by atoms with Crippen LogP contribution in [0.4, 0.5) is 0 Å². The highest BCUT2D eigenvalue weighted by Gasteiger charge is 2.25. The average Bonchev–Trinajstić information content (AvgIpc) is 2.65. The van der Waals surface area contributed by atoms with Crippen LogP contribution in [0.3, 0.4) is 0 Å². The zero-order valence-electron chi connectivity index (χ0n) is 11.4. The topological polar surface area (TPSA) is 30.7 Å². The van der Waals surface area contributed by atoms with Gasteiger partial charge in [0.1, 0.15) is 12.2 Å². The number of hydrogen-bond acceptors (Lipinski definition) is 2. The number of hydrogen-bond donors (Lipinski definition) is 0. The molecule has 0 amide bonds. The Morgan fingerprint density at radius 3 is 2.71 bits per heavy atom. The minimum atomic E-state index is 0.288. The summed E-state index contributed by atoms with van der Waals surface area (Å²) in [7, 11) is 0. The summed E-state index contributed by atoms with van der Waals surface area (Å²) in [5.74, 6) is 1.73. The van der Waals surface area contributed by atoms with Crippen LogP contribution < -0.4 is 0 Å². The van der Waals surface area contributed by atoms with Gasteiger partial charge in [0.2, 0.25) is 0 Å². The summed E-state index contributed by atoms with van der Waals surface area (Å²) in [4.78, 5) is 4.42. The fourth-order valence-electron chi connectivity index (χ4n) is 2.11. The Morgan fingerprint density at radius 1 is 1.47 bits per heavy atom. The van der Waals surface area contributed by atoms with Crippen molar-refractivity contribution in [1.29, 1.82) is 0 Å². The number of halogens is 1. The zero-order chi connectivity index (χ0) is 12.9. The van der Waals surface area contributed by atoms with Crippen molar-refractivity contribution in [2.45, 2.75) is 53.5 Å². The van der Waals surface area contributed by atoms with Crippen LogP contribution in [0.5, 0.6) is 0 Å². The van der Waals surface area contributed by atoms with Gasteiger partial charge in [-0.1, -0.05) is 50.0 Å². The van der Waals surface area contributed by atoms with Crippen LogP contribution in [0.15, 0.2) is 6.33 Å². The molecule has 0 spiro atoms. The largest absolute Gasteiger partial charge is 0.250 e. The average molecular weight is 302 g/mol. The summed E-state index contributed by atoms with van der Waals surface area (Å²) in [6, 6.07) is 0. The fraction of sp³-hybridized carbons (Fsp3) is 0.846. The summed E-state index contributed by atoms with van der Waals surface area (Å²) in [6.07, 6.45) is 5.10. The molecule has 0 saturated carbocycles. The van der Waals surface area contributed by atoms with E-state index in [0.29, 0.717) is 5.92 Å². The lowest BCUT2D eigenvalue weighted by atomic mass is 9.84.